The number of nitrogens with zero attached hydrogens (tertiary/aromatic N) is 3. The van der Waals surface area contributed by atoms with Crippen molar-refractivity contribution in [1.82, 2.24) is 19.8 Å². The van der Waals surface area contributed by atoms with Crippen molar-refractivity contribution in [2.75, 3.05) is 19.8 Å². The molecule has 2 aromatic rings. The van der Waals surface area contributed by atoms with Crippen molar-refractivity contribution < 1.29 is 18.3 Å². The maximum Gasteiger partial charge on any atom is 0.318 e. The second kappa shape index (κ2) is 8.44. The van der Waals surface area contributed by atoms with E-state index in [1.807, 2.05) is 0 Å². The smallest absolute Gasteiger partial charge is 0.318 e. The van der Waals surface area contributed by atoms with Crippen LogP contribution in [0.15, 0.2) is 29.1 Å². The van der Waals surface area contributed by atoms with Crippen LogP contribution in [0.1, 0.15) is 37.5 Å². The van der Waals surface area contributed by atoms with Crippen LogP contribution >= 0.6 is 0 Å². The molecule has 0 radical (unpaired) electrons. The number of halogens is 2. The summed E-state index contributed by atoms with van der Waals surface area (Å²) in [5.74, 6) is 0.230. The Morgan fingerprint density at radius 1 is 1.24 bits per heavy atom. The van der Waals surface area contributed by atoms with Gasteiger partial charge < -0.3 is 15.0 Å². The predicted molar refractivity (Wildman–Crippen MR) is 103 cm³/mol. The highest BCUT2D eigenvalue weighted by Gasteiger charge is 2.35. The van der Waals surface area contributed by atoms with Gasteiger partial charge in [-0.3, -0.25) is 9.36 Å². The molecule has 1 aromatic carbocycles. The molecule has 0 bridgehead atoms. The summed E-state index contributed by atoms with van der Waals surface area (Å²) in [6.45, 7) is 0.970. The van der Waals surface area contributed by atoms with Gasteiger partial charge in [-0.2, -0.15) is 0 Å². The summed E-state index contributed by atoms with van der Waals surface area (Å²) in [4.78, 5) is 31.9. The third-order valence-corrected chi connectivity index (χ3v) is 5.57. The van der Waals surface area contributed by atoms with Gasteiger partial charge in [-0.05, 0) is 37.8 Å². The number of carbonyl (C=O) groups excluding carboxylic acids is 1. The van der Waals surface area contributed by atoms with Crippen molar-refractivity contribution in [2.24, 2.45) is 0 Å². The Bertz CT molecular complexity index is 943. The van der Waals surface area contributed by atoms with Crippen LogP contribution in [0.5, 0.6) is 0 Å². The van der Waals surface area contributed by atoms with E-state index in [1.54, 1.807) is 29.2 Å². The fourth-order valence-electron chi connectivity index (χ4n) is 4.13. The van der Waals surface area contributed by atoms with Crippen LogP contribution in [0, 0.1) is 0 Å². The topological polar surface area (TPSA) is 76.5 Å². The molecule has 1 atom stereocenters. The molecule has 2 saturated heterocycles. The molecular formula is C20H24F2N4O3. The predicted octanol–water partition coefficient (Wildman–Crippen LogP) is 2.69. The van der Waals surface area contributed by atoms with Gasteiger partial charge in [0.2, 0.25) is 0 Å². The Labute approximate surface area is 166 Å². The average molecular weight is 406 g/mol. The molecule has 156 valence electrons. The van der Waals surface area contributed by atoms with Crippen molar-refractivity contribution >= 4 is 16.9 Å². The zero-order chi connectivity index (χ0) is 20.4. The van der Waals surface area contributed by atoms with Gasteiger partial charge in [0.1, 0.15) is 5.82 Å². The van der Waals surface area contributed by atoms with Gasteiger partial charge in [0.15, 0.2) is 0 Å². The van der Waals surface area contributed by atoms with Crippen LogP contribution < -0.4 is 10.9 Å². The Balaban J connectivity index is 1.68. The van der Waals surface area contributed by atoms with Gasteiger partial charge in [-0.1, -0.05) is 12.1 Å². The van der Waals surface area contributed by atoms with E-state index < -0.39 is 24.6 Å². The molecule has 7 nitrogen and oxygen atoms in total. The lowest BCUT2D eigenvalue weighted by Gasteiger charge is -2.30. The van der Waals surface area contributed by atoms with E-state index in [1.165, 1.54) is 0 Å². The molecule has 0 spiro atoms. The van der Waals surface area contributed by atoms with Crippen LogP contribution in [0.2, 0.25) is 0 Å². The number of rotatable bonds is 4. The number of fused-ring (bicyclic) bond motifs is 1. The van der Waals surface area contributed by atoms with E-state index in [4.69, 9.17) is 4.74 Å². The zero-order valence-corrected chi connectivity index (χ0v) is 16.0. The maximum absolute atomic E-state index is 13.2. The number of nitrogens with one attached hydrogen (secondary N) is 1. The second-order valence-corrected chi connectivity index (χ2v) is 7.48. The number of alkyl halides is 2. The number of hydrogen-bond acceptors (Lipinski definition) is 4. The average Bonchev–Trinajstić information content (AvgIpc) is 3.20. The lowest BCUT2D eigenvalue weighted by atomic mass is 10.1. The Morgan fingerprint density at radius 2 is 2.00 bits per heavy atom. The molecule has 2 aliphatic rings. The third-order valence-electron chi connectivity index (χ3n) is 5.57. The van der Waals surface area contributed by atoms with Crippen molar-refractivity contribution in [3.63, 3.8) is 0 Å². The van der Waals surface area contributed by atoms with Crippen LogP contribution in [0.3, 0.4) is 0 Å². The van der Waals surface area contributed by atoms with Gasteiger partial charge in [0.25, 0.3) is 12.0 Å². The lowest BCUT2D eigenvalue weighted by Crippen LogP contribution is -2.47. The molecular weight excluding hydrogens is 382 g/mol. The minimum absolute atomic E-state index is 0.0327. The third kappa shape index (κ3) is 4.10. The minimum atomic E-state index is -2.69. The summed E-state index contributed by atoms with van der Waals surface area (Å²) in [5, 5.41) is 3.32. The summed E-state index contributed by atoms with van der Waals surface area (Å²) in [7, 11) is 0. The number of aromatic nitrogens is 2. The molecule has 2 aliphatic heterocycles. The monoisotopic (exact) mass is 406 g/mol. The van der Waals surface area contributed by atoms with Gasteiger partial charge in [-0.25, -0.2) is 18.6 Å². The summed E-state index contributed by atoms with van der Waals surface area (Å²) in [6, 6.07) is 5.98. The van der Waals surface area contributed by atoms with Gasteiger partial charge in [0.05, 0.1) is 23.5 Å². The van der Waals surface area contributed by atoms with Gasteiger partial charge in [0, 0.05) is 25.8 Å². The number of benzene rings is 1. The molecule has 3 heterocycles. The van der Waals surface area contributed by atoms with Crippen LogP contribution in [0.4, 0.5) is 13.6 Å². The molecule has 2 fully saturated rings. The van der Waals surface area contributed by atoms with E-state index in [0.29, 0.717) is 37.1 Å². The highest BCUT2D eigenvalue weighted by molar-refractivity contribution is 5.78. The highest BCUT2D eigenvalue weighted by atomic mass is 19.3. The standard InChI is InChI=1S/C20H24F2N4O3/c21-17(22)12-26-18(24-15-5-2-1-4-14(15)19(26)27)16-6-3-9-25(16)20(28)23-13-7-10-29-11-8-13/h1-2,4-5,13,16-17H,3,6-12H2,(H,23,28). The van der Waals surface area contributed by atoms with E-state index in [-0.39, 0.29) is 17.9 Å². The van der Waals surface area contributed by atoms with Crippen LogP contribution in [-0.2, 0) is 11.3 Å². The Morgan fingerprint density at radius 3 is 2.76 bits per heavy atom. The van der Waals surface area contributed by atoms with E-state index in [2.05, 4.69) is 10.3 Å². The summed E-state index contributed by atoms with van der Waals surface area (Å²) in [5.41, 5.74) is -0.0442. The summed E-state index contributed by atoms with van der Waals surface area (Å²) in [6.07, 6.45) is 0.0991. The maximum atomic E-state index is 13.2. The van der Waals surface area contributed by atoms with E-state index >= 15 is 0 Å². The molecule has 1 N–H and O–H groups in total. The Kier molecular flexibility index (Phi) is 5.75. The number of urea groups is 1. The largest absolute Gasteiger partial charge is 0.381 e. The summed E-state index contributed by atoms with van der Waals surface area (Å²) >= 11 is 0. The molecule has 1 aromatic heterocycles. The number of likely N-dealkylation sites (tertiary alicyclic amines) is 1. The molecule has 2 amide bonds. The van der Waals surface area contributed by atoms with Gasteiger partial charge in [-0.15, -0.1) is 0 Å². The van der Waals surface area contributed by atoms with Crippen LogP contribution in [0.25, 0.3) is 10.9 Å². The van der Waals surface area contributed by atoms with Crippen molar-refractivity contribution in [3.8, 4) is 0 Å². The first-order valence-corrected chi connectivity index (χ1v) is 9.97. The van der Waals surface area contributed by atoms with Crippen molar-refractivity contribution in [2.45, 2.75) is 50.7 Å². The minimum Gasteiger partial charge on any atom is -0.381 e. The molecule has 29 heavy (non-hydrogen) atoms. The molecule has 4 rings (SSSR count). The second-order valence-electron chi connectivity index (χ2n) is 7.48. The van der Waals surface area contributed by atoms with Crippen LogP contribution in [-0.4, -0.2) is 52.7 Å². The first-order chi connectivity index (χ1) is 14.0. The molecule has 0 saturated carbocycles. The number of amides is 2. The number of ether oxygens (including phenoxy) is 1. The Hall–Kier alpha value is -2.55. The highest BCUT2D eigenvalue weighted by Crippen LogP contribution is 2.31. The number of hydrogen-bond donors (Lipinski definition) is 1. The normalized spacial score (nSPS) is 20.5. The fraction of sp³-hybridized carbons (Fsp3) is 0.550. The molecule has 0 aliphatic carbocycles. The quantitative estimate of drug-likeness (QED) is 0.847. The van der Waals surface area contributed by atoms with E-state index in [9.17, 15) is 18.4 Å². The lowest BCUT2D eigenvalue weighted by molar-refractivity contribution is 0.0776. The van der Waals surface area contributed by atoms with E-state index in [0.717, 1.165) is 23.8 Å². The first-order valence-electron chi connectivity index (χ1n) is 9.97. The molecule has 1 unspecified atom stereocenters. The van der Waals surface area contributed by atoms with Crippen molar-refractivity contribution in [3.05, 3.63) is 40.4 Å². The van der Waals surface area contributed by atoms with Gasteiger partial charge >= 0.3 is 6.03 Å². The number of carbonyl (C=O) groups is 1. The molecule has 9 heteroatoms. The fourth-order valence-corrected chi connectivity index (χ4v) is 4.13. The summed E-state index contributed by atoms with van der Waals surface area (Å²) < 4.78 is 32.8. The number of para-hydroxylation sites is 1. The zero-order valence-electron chi connectivity index (χ0n) is 16.0. The van der Waals surface area contributed by atoms with Crippen molar-refractivity contribution in [1.29, 1.82) is 0 Å². The SMILES string of the molecule is O=C(NC1CCOCC1)N1CCCC1c1nc2ccccc2c(=O)n1CC(F)F. The first kappa shape index (κ1) is 19.8.